The maximum atomic E-state index is 5.62. The second kappa shape index (κ2) is 5.62. The van der Waals surface area contributed by atoms with Crippen molar-refractivity contribution >= 4 is 5.95 Å². The van der Waals surface area contributed by atoms with Crippen LogP contribution in [0.2, 0.25) is 0 Å². The first-order chi connectivity index (χ1) is 6.77. The molecule has 1 aromatic rings. The first kappa shape index (κ1) is 11.0. The molecular formula is C9H17N3O2. The normalized spacial score (nSPS) is 11.1. The van der Waals surface area contributed by atoms with Gasteiger partial charge in [-0.2, -0.15) is 0 Å². The number of nitrogen functional groups attached to an aromatic ring is 1. The fraction of sp³-hybridized carbons (Fsp3) is 0.667. The molecule has 80 valence electrons. The predicted octanol–water partition coefficient (Wildman–Crippen LogP) is 0.864. The van der Waals surface area contributed by atoms with E-state index in [1.165, 1.54) is 0 Å². The summed E-state index contributed by atoms with van der Waals surface area (Å²) < 4.78 is 12.6. The Kier molecular flexibility index (Phi) is 4.42. The summed E-state index contributed by atoms with van der Waals surface area (Å²) in [5, 5.41) is 0. The Morgan fingerprint density at radius 3 is 2.50 bits per heavy atom. The lowest BCUT2D eigenvalue weighted by atomic mass is 10.5. The topological polar surface area (TPSA) is 62.3 Å². The number of nitrogens with two attached hydrogens (primary N) is 1. The van der Waals surface area contributed by atoms with Crippen molar-refractivity contribution in [3.05, 3.63) is 12.4 Å². The van der Waals surface area contributed by atoms with Crippen LogP contribution in [0, 0.1) is 0 Å². The number of ether oxygens (including phenoxy) is 2. The summed E-state index contributed by atoms with van der Waals surface area (Å²) in [6, 6.07) is 0. The van der Waals surface area contributed by atoms with E-state index in [0.29, 0.717) is 25.7 Å². The predicted molar refractivity (Wildman–Crippen MR) is 53.7 cm³/mol. The molecule has 0 saturated heterocycles. The van der Waals surface area contributed by atoms with E-state index >= 15 is 0 Å². The fourth-order valence-electron chi connectivity index (χ4n) is 1.18. The van der Waals surface area contributed by atoms with E-state index < -0.39 is 0 Å². The highest BCUT2D eigenvalue weighted by molar-refractivity contribution is 5.16. The van der Waals surface area contributed by atoms with Crippen molar-refractivity contribution in [3.63, 3.8) is 0 Å². The van der Waals surface area contributed by atoms with Crippen molar-refractivity contribution < 1.29 is 9.47 Å². The summed E-state index contributed by atoms with van der Waals surface area (Å²) in [6.07, 6.45) is 3.21. The highest BCUT2D eigenvalue weighted by Crippen LogP contribution is 2.04. The summed E-state index contributed by atoms with van der Waals surface area (Å²) in [7, 11) is 0. The number of hydrogen-bond donors (Lipinski definition) is 1. The molecule has 0 spiro atoms. The van der Waals surface area contributed by atoms with E-state index in [1.807, 2.05) is 13.8 Å². The molecule has 1 aromatic heterocycles. The second-order valence-electron chi connectivity index (χ2n) is 2.78. The van der Waals surface area contributed by atoms with Gasteiger partial charge in [0, 0.05) is 25.6 Å². The third kappa shape index (κ3) is 3.01. The number of imidazole rings is 1. The number of rotatable bonds is 6. The van der Waals surface area contributed by atoms with E-state index in [4.69, 9.17) is 15.2 Å². The largest absolute Gasteiger partial charge is 0.369 e. The zero-order valence-corrected chi connectivity index (χ0v) is 8.64. The summed E-state index contributed by atoms with van der Waals surface area (Å²) in [6.45, 7) is 5.69. The highest BCUT2D eigenvalue weighted by Gasteiger charge is 2.09. The smallest absolute Gasteiger partial charge is 0.200 e. The van der Waals surface area contributed by atoms with Gasteiger partial charge >= 0.3 is 0 Å². The lowest BCUT2D eigenvalue weighted by molar-refractivity contribution is -0.143. The Hall–Kier alpha value is -1.07. The molecule has 5 nitrogen and oxygen atoms in total. The minimum absolute atomic E-state index is 0.249. The van der Waals surface area contributed by atoms with E-state index in [9.17, 15) is 0 Å². The Bertz CT molecular complexity index is 256. The molecule has 1 rings (SSSR count). The van der Waals surface area contributed by atoms with Crippen LogP contribution >= 0.6 is 0 Å². The van der Waals surface area contributed by atoms with Gasteiger partial charge in [-0.05, 0) is 13.8 Å². The van der Waals surface area contributed by atoms with Crippen LogP contribution in [0.3, 0.4) is 0 Å². The lowest BCUT2D eigenvalue weighted by Crippen LogP contribution is -2.24. The van der Waals surface area contributed by atoms with Gasteiger partial charge in [0.05, 0.1) is 6.54 Å². The van der Waals surface area contributed by atoms with Crippen LogP contribution in [0.5, 0.6) is 0 Å². The van der Waals surface area contributed by atoms with Crippen LogP contribution in [-0.2, 0) is 16.0 Å². The molecule has 0 aliphatic heterocycles. The summed E-state index contributed by atoms with van der Waals surface area (Å²) in [5.74, 6) is 0.481. The first-order valence-electron chi connectivity index (χ1n) is 4.77. The lowest BCUT2D eigenvalue weighted by Gasteiger charge is -2.17. The molecule has 0 saturated carbocycles. The van der Waals surface area contributed by atoms with Crippen LogP contribution < -0.4 is 5.73 Å². The highest BCUT2D eigenvalue weighted by atomic mass is 16.7. The van der Waals surface area contributed by atoms with Crippen molar-refractivity contribution in [2.45, 2.75) is 26.7 Å². The van der Waals surface area contributed by atoms with E-state index in [1.54, 1.807) is 17.0 Å². The second-order valence-corrected chi connectivity index (χ2v) is 2.78. The van der Waals surface area contributed by atoms with Gasteiger partial charge < -0.3 is 19.8 Å². The maximum Gasteiger partial charge on any atom is 0.200 e. The molecule has 1 heterocycles. The average Bonchev–Trinajstić information content (AvgIpc) is 2.53. The van der Waals surface area contributed by atoms with E-state index in [0.717, 1.165) is 0 Å². The van der Waals surface area contributed by atoms with Gasteiger partial charge in [-0.15, -0.1) is 0 Å². The summed E-state index contributed by atoms with van der Waals surface area (Å²) in [4.78, 5) is 3.92. The van der Waals surface area contributed by atoms with Crippen LogP contribution in [0.1, 0.15) is 13.8 Å². The van der Waals surface area contributed by atoms with E-state index in [2.05, 4.69) is 4.98 Å². The van der Waals surface area contributed by atoms with Crippen LogP contribution in [-0.4, -0.2) is 29.1 Å². The maximum absolute atomic E-state index is 5.62. The Morgan fingerprint density at radius 2 is 2.07 bits per heavy atom. The molecule has 0 radical (unpaired) electrons. The van der Waals surface area contributed by atoms with Crippen LogP contribution in [0.25, 0.3) is 0 Å². The molecule has 0 unspecified atom stereocenters. The zero-order chi connectivity index (χ0) is 10.4. The zero-order valence-electron chi connectivity index (χ0n) is 8.64. The monoisotopic (exact) mass is 199 g/mol. The SMILES string of the molecule is CCOC(Cn1ccnc1N)OCC. The van der Waals surface area contributed by atoms with Gasteiger partial charge in [-0.25, -0.2) is 4.98 Å². The van der Waals surface area contributed by atoms with Crippen LogP contribution in [0.15, 0.2) is 12.4 Å². The molecule has 0 aliphatic carbocycles. The van der Waals surface area contributed by atoms with Gasteiger partial charge in [-0.1, -0.05) is 0 Å². The molecule has 0 fully saturated rings. The molecule has 14 heavy (non-hydrogen) atoms. The van der Waals surface area contributed by atoms with E-state index in [-0.39, 0.29) is 6.29 Å². The minimum atomic E-state index is -0.249. The van der Waals surface area contributed by atoms with Gasteiger partial charge in [0.2, 0.25) is 0 Å². The Labute approximate surface area is 83.8 Å². The standard InChI is InChI=1S/C9H17N3O2/c1-3-13-8(14-4-2)7-12-6-5-11-9(12)10/h5-6,8H,3-4,7H2,1-2H3,(H2,10,11). The molecular weight excluding hydrogens is 182 g/mol. The van der Waals surface area contributed by atoms with Gasteiger partial charge in [0.25, 0.3) is 0 Å². The summed E-state index contributed by atoms with van der Waals surface area (Å²) >= 11 is 0. The molecule has 2 N–H and O–H groups in total. The van der Waals surface area contributed by atoms with Crippen molar-refractivity contribution in [3.8, 4) is 0 Å². The van der Waals surface area contributed by atoms with Crippen molar-refractivity contribution in [2.24, 2.45) is 0 Å². The summed E-state index contributed by atoms with van der Waals surface area (Å²) in [5.41, 5.74) is 5.62. The minimum Gasteiger partial charge on any atom is -0.369 e. The first-order valence-corrected chi connectivity index (χ1v) is 4.77. The molecule has 5 heteroatoms. The Morgan fingerprint density at radius 1 is 1.43 bits per heavy atom. The number of nitrogens with zero attached hydrogens (tertiary/aromatic N) is 2. The Balaban J connectivity index is 2.50. The molecule has 0 amide bonds. The average molecular weight is 199 g/mol. The third-order valence-electron chi connectivity index (χ3n) is 1.80. The number of hydrogen-bond acceptors (Lipinski definition) is 4. The molecule has 0 aliphatic rings. The van der Waals surface area contributed by atoms with Gasteiger partial charge in [-0.3, -0.25) is 0 Å². The number of anilines is 1. The van der Waals surface area contributed by atoms with Crippen LogP contribution in [0.4, 0.5) is 5.95 Å². The van der Waals surface area contributed by atoms with Crippen molar-refractivity contribution in [1.82, 2.24) is 9.55 Å². The molecule has 0 aromatic carbocycles. The van der Waals surface area contributed by atoms with Crippen molar-refractivity contribution in [1.29, 1.82) is 0 Å². The molecule has 0 bridgehead atoms. The molecule has 0 atom stereocenters. The quantitative estimate of drug-likeness (QED) is 0.690. The third-order valence-corrected chi connectivity index (χ3v) is 1.80. The van der Waals surface area contributed by atoms with Gasteiger partial charge in [0.1, 0.15) is 0 Å². The van der Waals surface area contributed by atoms with Crippen molar-refractivity contribution in [2.75, 3.05) is 18.9 Å². The number of aromatic nitrogens is 2. The van der Waals surface area contributed by atoms with Gasteiger partial charge in [0.15, 0.2) is 12.2 Å². The fourth-order valence-corrected chi connectivity index (χ4v) is 1.18.